The highest BCUT2D eigenvalue weighted by Crippen LogP contribution is 2.11. The first kappa shape index (κ1) is 19.4. The van der Waals surface area contributed by atoms with Gasteiger partial charge in [-0.2, -0.15) is 5.10 Å². The van der Waals surface area contributed by atoms with Crippen LogP contribution in [0.2, 0.25) is 0 Å². The molecule has 3 rings (SSSR count). The number of ether oxygens (including phenoxy) is 1. The van der Waals surface area contributed by atoms with Crippen molar-refractivity contribution >= 4 is 5.96 Å². The SMILES string of the molecule is CCNC(=NCc1ccc(-n2cncn2)cc1)NCCc1ccc(OC)cc1. The number of nitrogens with one attached hydrogen (secondary N) is 2. The highest BCUT2D eigenvalue weighted by Gasteiger charge is 2.01. The molecule has 146 valence electrons. The van der Waals surface area contributed by atoms with Crippen LogP contribution in [0.5, 0.6) is 5.75 Å². The second-order valence-electron chi connectivity index (χ2n) is 6.23. The molecule has 7 heteroatoms. The third kappa shape index (κ3) is 5.57. The van der Waals surface area contributed by atoms with Crippen molar-refractivity contribution in [2.24, 2.45) is 4.99 Å². The maximum absolute atomic E-state index is 5.19. The third-order valence-electron chi connectivity index (χ3n) is 4.25. The molecule has 0 amide bonds. The van der Waals surface area contributed by atoms with Crippen LogP contribution in [0.15, 0.2) is 66.2 Å². The molecule has 2 aromatic carbocycles. The maximum Gasteiger partial charge on any atom is 0.191 e. The molecular weight excluding hydrogens is 352 g/mol. The molecule has 0 aliphatic heterocycles. The number of hydrogen-bond donors (Lipinski definition) is 2. The van der Waals surface area contributed by atoms with Crippen molar-refractivity contribution < 1.29 is 4.74 Å². The molecule has 7 nitrogen and oxygen atoms in total. The van der Waals surface area contributed by atoms with E-state index in [2.05, 4.69) is 56.9 Å². The Morgan fingerprint density at radius 3 is 2.43 bits per heavy atom. The summed E-state index contributed by atoms with van der Waals surface area (Å²) in [6.45, 7) is 4.30. The summed E-state index contributed by atoms with van der Waals surface area (Å²) in [5.74, 6) is 1.69. The molecular formula is C21H26N6O. The second-order valence-corrected chi connectivity index (χ2v) is 6.23. The van der Waals surface area contributed by atoms with Gasteiger partial charge in [-0.15, -0.1) is 0 Å². The van der Waals surface area contributed by atoms with Crippen molar-refractivity contribution in [1.82, 2.24) is 25.4 Å². The summed E-state index contributed by atoms with van der Waals surface area (Å²) in [5.41, 5.74) is 3.37. The molecule has 0 radical (unpaired) electrons. The summed E-state index contributed by atoms with van der Waals surface area (Å²) in [5, 5.41) is 10.8. The van der Waals surface area contributed by atoms with Crippen LogP contribution in [0.1, 0.15) is 18.1 Å². The Kier molecular flexibility index (Phi) is 7.01. The van der Waals surface area contributed by atoms with Crippen LogP contribution in [0.3, 0.4) is 0 Å². The van der Waals surface area contributed by atoms with Crippen molar-refractivity contribution in [2.75, 3.05) is 20.2 Å². The van der Waals surface area contributed by atoms with Gasteiger partial charge in [0, 0.05) is 13.1 Å². The standard InChI is InChI=1S/C21H26N6O/c1-3-23-21(24-13-12-17-6-10-20(28-2)11-7-17)25-14-18-4-8-19(9-5-18)27-16-22-15-26-27/h4-11,15-16H,3,12-14H2,1-2H3,(H2,23,24,25). The van der Waals surface area contributed by atoms with Gasteiger partial charge in [0.05, 0.1) is 19.3 Å². The molecule has 1 heterocycles. The molecule has 2 N–H and O–H groups in total. The first-order valence-corrected chi connectivity index (χ1v) is 9.37. The van der Waals surface area contributed by atoms with Gasteiger partial charge in [0.25, 0.3) is 0 Å². The van der Waals surface area contributed by atoms with Crippen molar-refractivity contribution in [3.05, 3.63) is 72.3 Å². The number of methoxy groups -OCH3 is 1. The molecule has 28 heavy (non-hydrogen) atoms. The molecule has 0 aliphatic carbocycles. The fourth-order valence-corrected chi connectivity index (χ4v) is 2.73. The van der Waals surface area contributed by atoms with Crippen LogP contribution in [0.25, 0.3) is 5.69 Å². The monoisotopic (exact) mass is 378 g/mol. The minimum absolute atomic E-state index is 0.607. The van der Waals surface area contributed by atoms with Crippen LogP contribution < -0.4 is 15.4 Å². The molecule has 0 aliphatic rings. The van der Waals surface area contributed by atoms with Gasteiger partial charge >= 0.3 is 0 Å². The Hall–Kier alpha value is -3.35. The predicted octanol–water partition coefficient (Wildman–Crippen LogP) is 2.57. The molecule has 0 atom stereocenters. The molecule has 0 spiro atoms. The quantitative estimate of drug-likeness (QED) is 0.465. The lowest BCUT2D eigenvalue weighted by Gasteiger charge is -2.11. The fraction of sp³-hybridized carbons (Fsp3) is 0.286. The lowest BCUT2D eigenvalue weighted by atomic mass is 10.1. The van der Waals surface area contributed by atoms with E-state index in [0.717, 1.165) is 42.5 Å². The molecule has 0 bridgehead atoms. The first-order valence-electron chi connectivity index (χ1n) is 9.37. The number of guanidine groups is 1. The molecule has 3 aromatic rings. The fourth-order valence-electron chi connectivity index (χ4n) is 2.73. The van der Waals surface area contributed by atoms with E-state index in [4.69, 9.17) is 4.74 Å². The van der Waals surface area contributed by atoms with E-state index in [0.29, 0.717) is 6.54 Å². The average Bonchev–Trinajstić information content (AvgIpc) is 3.28. The van der Waals surface area contributed by atoms with Gasteiger partial charge in [0.1, 0.15) is 18.4 Å². The van der Waals surface area contributed by atoms with Gasteiger partial charge in [-0.25, -0.2) is 14.7 Å². The van der Waals surface area contributed by atoms with E-state index in [9.17, 15) is 0 Å². The van der Waals surface area contributed by atoms with Crippen molar-refractivity contribution in [2.45, 2.75) is 19.9 Å². The lowest BCUT2D eigenvalue weighted by molar-refractivity contribution is 0.414. The normalized spacial score (nSPS) is 11.3. The molecule has 0 fully saturated rings. The Morgan fingerprint density at radius 1 is 1.04 bits per heavy atom. The summed E-state index contributed by atoms with van der Waals surface area (Å²) in [7, 11) is 1.68. The average molecular weight is 378 g/mol. The third-order valence-corrected chi connectivity index (χ3v) is 4.25. The van der Waals surface area contributed by atoms with Gasteiger partial charge in [-0.3, -0.25) is 0 Å². The van der Waals surface area contributed by atoms with E-state index in [1.165, 1.54) is 11.9 Å². The topological polar surface area (TPSA) is 76.4 Å². The van der Waals surface area contributed by atoms with Crippen LogP contribution in [0, 0.1) is 0 Å². The zero-order valence-electron chi connectivity index (χ0n) is 16.3. The number of nitrogens with zero attached hydrogens (tertiary/aromatic N) is 4. The van der Waals surface area contributed by atoms with Gasteiger partial charge in [-0.1, -0.05) is 24.3 Å². The van der Waals surface area contributed by atoms with Crippen molar-refractivity contribution in [3.63, 3.8) is 0 Å². The highest BCUT2D eigenvalue weighted by molar-refractivity contribution is 5.79. The second kappa shape index (κ2) is 10.1. The lowest BCUT2D eigenvalue weighted by Crippen LogP contribution is -2.38. The van der Waals surface area contributed by atoms with Crippen LogP contribution in [0.4, 0.5) is 0 Å². The van der Waals surface area contributed by atoms with E-state index >= 15 is 0 Å². The van der Waals surface area contributed by atoms with E-state index < -0.39 is 0 Å². The molecule has 0 saturated carbocycles. The zero-order valence-corrected chi connectivity index (χ0v) is 16.3. The Bertz CT molecular complexity index is 857. The van der Waals surface area contributed by atoms with Gasteiger partial charge in [0.15, 0.2) is 5.96 Å². The molecule has 1 aromatic heterocycles. The summed E-state index contributed by atoms with van der Waals surface area (Å²) in [6, 6.07) is 16.3. The Morgan fingerprint density at radius 2 is 1.79 bits per heavy atom. The summed E-state index contributed by atoms with van der Waals surface area (Å²) in [6.07, 6.45) is 4.13. The summed E-state index contributed by atoms with van der Waals surface area (Å²) in [4.78, 5) is 8.64. The van der Waals surface area contributed by atoms with E-state index in [1.807, 2.05) is 24.3 Å². The highest BCUT2D eigenvalue weighted by atomic mass is 16.5. The van der Waals surface area contributed by atoms with Crippen LogP contribution >= 0.6 is 0 Å². The number of aromatic nitrogens is 3. The van der Waals surface area contributed by atoms with E-state index in [1.54, 1.807) is 18.1 Å². The van der Waals surface area contributed by atoms with Crippen molar-refractivity contribution in [1.29, 1.82) is 0 Å². The molecule has 0 unspecified atom stereocenters. The largest absolute Gasteiger partial charge is 0.497 e. The minimum Gasteiger partial charge on any atom is -0.497 e. The Labute approximate surface area is 165 Å². The van der Waals surface area contributed by atoms with Gasteiger partial charge in [0.2, 0.25) is 0 Å². The number of rotatable bonds is 8. The van der Waals surface area contributed by atoms with Gasteiger partial charge in [-0.05, 0) is 48.7 Å². The van der Waals surface area contributed by atoms with Crippen molar-refractivity contribution in [3.8, 4) is 11.4 Å². The summed E-state index contributed by atoms with van der Waals surface area (Å²) < 4.78 is 6.93. The van der Waals surface area contributed by atoms with Gasteiger partial charge < -0.3 is 15.4 Å². The zero-order chi connectivity index (χ0) is 19.6. The number of hydrogen-bond acceptors (Lipinski definition) is 4. The smallest absolute Gasteiger partial charge is 0.191 e. The minimum atomic E-state index is 0.607. The molecule has 0 saturated heterocycles. The maximum atomic E-state index is 5.19. The first-order chi connectivity index (χ1) is 13.8. The summed E-state index contributed by atoms with van der Waals surface area (Å²) >= 11 is 0. The number of benzene rings is 2. The van der Waals surface area contributed by atoms with E-state index in [-0.39, 0.29) is 0 Å². The van der Waals surface area contributed by atoms with Crippen LogP contribution in [-0.2, 0) is 13.0 Å². The predicted molar refractivity (Wildman–Crippen MR) is 111 cm³/mol. The van der Waals surface area contributed by atoms with Crippen LogP contribution in [-0.4, -0.2) is 40.9 Å². The number of aliphatic imine (C=N–C) groups is 1. The Balaban J connectivity index is 1.53.